The van der Waals surface area contributed by atoms with Crippen molar-refractivity contribution in [1.82, 2.24) is 9.55 Å². The fourth-order valence-electron chi connectivity index (χ4n) is 2.97. The Hall–Kier alpha value is -0.990. The molecule has 0 saturated heterocycles. The molecule has 0 amide bonds. The number of nitrogens with zero attached hydrogens (tertiary/aromatic N) is 2. The molecule has 1 aromatic rings. The molecule has 3 atom stereocenters. The molecule has 3 nitrogen and oxygen atoms in total. The predicted molar refractivity (Wildman–Crippen MR) is 76.9 cm³/mol. The molecular formula is C15H27N3. The van der Waals surface area contributed by atoms with Gasteiger partial charge in [0, 0.05) is 18.3 Å². The lowest BCUT2D eigenvalue weighted by Crippen LogP contribution is -2.36. The molecule has 102 valence electrons. The maximum Gasteiger partial charge on any atom is 0.203 e. The van der Waals surface area contributed by atoms with Crippen molar-refractivity contribution in [2.75, 3.05) is 5.32 Å². The topological polar surface area (TPSA) is 29.9 Å². The molecule has 18 heavy (non-hydrogen) atoms. The van der Waals surface area contributed by atoms with Crippen LogP contribution in [-0.4, -0.2) is 15.6 Å². The zero-order chi connectivity index (χ0) is 13.3. The first-order valence-electron chi connectivity index (χ1n) is 7.31. The van der Waals surface area contributed by atoms with Gasteiger partial charge in [0.05, 0.1) is 5.69 Å². The summed E-state index contributed by atoms with van der Waals surface area (Å²) in [4.78, 5) is 4.64. The van der Waals surface area contributed by atoms with E-state index in [4.69, 9.17) is 0 Å². The van der Waals surface area contributed by atoms with Crippen molar-refractivity contribution < 1.29 is 0 Å². The fraction of sp³-hybridized carbons (Fsp3) is 0.800. The van der Waals surface area contributed by atoms with Crippen molar-refractivity contribution in [3.63, 3.8) is 0 Å². The van der Waals surface area contributed by atoms with Gasteiger partial charge in [0.1, 0.15) is 0 Å². The van der Waals surface area contributed by atoms with Crippen LogP contribution in [0.2, 0.25) is 0 Å². The third-order valence-corrected chi connectivity index (χ3v) is 4.43. The fourth-order valence-corrected chi connectivity index (χ4v) is 2.97. The first kappa shape index (κ1) is 13.4. The number of hydrogen-bond donors (Lipinski definition) is 1. The SMILES string of the molecule is Cc1cn(C(C)C)c(NC2CCCC(C)C2C)n1. The van der Waals surface area contributed by atoms with Crippen LogP contribution < -0.4 is 5.32 Å². The van der Waals surface area contributed by atoms with Gasteiger partial charge in [-0.15, -0.1) is 0 Å². The van der Waals surface area contributed by atoms with Crippen LogP contribution in [0.5, 0.6) is 0 Å². The Morgan fingerprint density at radius 2 is 2.06 bits per heavy atom. The molecule has 0 bridgehead atoms. The lowest BCUT2D eigenvalue weighted by atomic mass is 9.78. The van der Waals surface area contributed by atoms with Crippen LogP contribution in [0.3, 0.4) is 0 Å². The first-order valence-corrected chi connectivity index (χ1v) is 7.31. The second kappa shape index (κ2) is 5.33. The maximum atomic E-state index is 4.64. The molecule has 1 aromatic heterocycles. The first-order chi connectivity index (χ1) is 8.49. The molecule has 1 aliphatic carbocycles. The van der Waals surface area contributed by atoms with Gasteiger partial charge in [0.15, 0.2) is 0 Å². The zero-order valence-electron chi connectivity index (χ0n) is 12.4. The van der Waals surface area contributed by atoms with E-state index in [1.807, 2.05) is 0 Å². The molecule has 1 aliphatic rings. The molecule has 2 rings (SSSR count). The summed E-state index contributed by atoms with van der Waals surface area (Å²) in [6.45, 7) is 11.2. The highest BCUT2D eigenvalue weighted by atomic mass is 15.2. The largest absolute Gasteiger partial charge is 0.353 e. The highest BCUT2D eigenvalue weighted by molar-refractivity contribution is 5.31. The Kier molecular flexibility index (Phi) is 3.98. The maximum absolute atomic E-state index is 4.64. The van der Waals surface area contributed by atoms with Gasteiger partial charge in [-0.1, -0.05) is 26.7 Å². The lowest BCUT2D eigenvalue weighted by Gasteiger charge is -2.35. The Labute approximate surface area is 111 Å². The smallest absolute Gasteiger partial charge is 0.203 e. The second-order valence-electron chi connectivity index (χ2n) is 6.23. The van der Waals surface area contributed by atoms with E-state index in [0.717, 1.165) is 23.5 Å². The molecule has 0 aliphatic heterocycles. The van der Waals surface area contributed by atoms with E-state index in [9.17, 15) is 0 Å². The average molecular weight is 249 g/mol. The van der Waals surface area contributed by atoms with E-state index in [2.05, 4.69) is 55.7 Å². The van der Waals surface area contributed by atoms with Crippen molar-refractivity contribution in [3.05, 3.63) is 11.9 Å². The summed E-state index contributed by atoms with van der Waals surface area (Å²) in [5, 5.41) is 3.68. The van der Waals surface area contributed by atoms with Gasteiger partial charge in [-0.3, -0.25) is 0 Å². The van der Waals surface area contributed by atoms with Gasteiger partial charge < -0.3 is 9.88 Å². The summed E-state index contributed by atoms with van der Waals surface area (Å²) in [5.74, 6) is 2.60. The van der Waals surface area contributed by atoms with Crippen molar-refractivity contribution in [3.8, 4) is 0 Å². The van der Waals surface area contributed by atoms with Crippen LogP contribution in [0.25, 0.3) is 0 Å². The van der Waals surface area contributed by atoms with E-state index in [1.165, 1.54) is 19.3 Å². The summed E-state index contributed by atoms with van der Waals surface area (Å²) in [6.07, 6.45) is 6.13. The molecule has 0 aromatic carbocycles. The number of hydrogen-bond acceptors (Lipinski definition) is 2. The van der Waals surface area contributed by atoms with Crippen LogP contribution in [0.1, 0.15) is 58.7 Å². The monoisotopic (exact) mass is 249 g/mol. The third kappa shape index (κ3) is 2.70. The molecule has 1 heterocycles. The standard InChI is InChI=1S/C15H27N3/c1-10(2)18-9-12(4)16-15(18)17-14-8-6-7-11(3)13(14)5/h9-11,13-14H,6-8H2,1-5H3,(H,16,17). The van der Waals surface area contributed by atoms with E-state index < -0.39 is 0 Å². The Balaban J connectivity index is 2.13. The predicted octanol–water partition coefficient (Wildman–Crippen LogP) is 4.01. The quantitative estimate of drug-likeness (QED) is 0.877. The summed E-state index contributed by atoms with van der Waals surface area (Å²) in [6, 6.07) is 1.04. The number of imidazole rings is 1. The normalized spacial score (nSPS) is 28.7. The van der Waals surface area contributed by atoms with Crippen molar-refractivity contribution in [2.45, 2.75) is 66.0 Å². The molecule has 0 radical (unpaired) electrons. The third-order valence-electron chi connectivity index (χ3n) is 4.43. The Morgan fingerprint density at radius 1 is 1.33 bits per heavy atom. The minimum Gasteiger partial charge on any atom is -0.353 e. The van der Waals surface area contributed by atoms with Crippen molar-refractivity contribution in [2.24, 2.45) is 11.8 Å². The Bertz CT molecular complexity index is 394. The van der Waals surface area contributed by atoms with Crippen LogP contribution in [0.15, 0.2) is 6.20 Å². The number of nitrogens with one attached hydrogen (secondary N) is 1. The molecule has 3 heteroatoms. The number of anilines is 1. The van der Waals surface area contributed by atoms with E-state index in [1.54, 1.807) is 0 Å². The summed E-state index contributed by atoms with van der Waals surface area (Å²) < 4.78 is 2.25. The molecule has 1 saturated carbocycles. The van der Waals surface area contributed by atoms with Gasteiger partial charge >= 0.3 is 0 Å². The number of aromatic nitrogens is 2. The number of rotatable bonds is 3. The van der Waals surface area contributed by atoms with Crippen LogP contribution in [0, 0.1) is 18.8 Å². The van der Waals surface area contributed by atoms with Gasteiger partial charge in [-0.05, 0) is 39.0 Å². The molecule has 1 N–H and O–H groups in total. The van der Waals surface area contributed by atoms with Gasteiger partial charge in [0.2, 0.25) is 5.95 Å². The van der Waals surface area contributed by atoms with Crippen LogP contribution in [-0.2, 0) is 0 Å². The minimum absolute atomic E-state index is 0.463. The summed E-state index contributed by atoms with van der Waals surface area (Å²) in [7, 11) is 0. The highest BCUT2D eigenvalue weighted by Gasteiger charge is 2.28. The average Bonchev–Trinajstić information content (AvgIpc) is 2.66. The highest BCUT2D eigenvalue weighted by Crippen LogP contribution is 2.31. The van der Waals surface area contributed by atoms with E-state index in [-0.39, 0.29) is 0 Å². The minimum atomic E-state index is 0.463. The molecule has 0 spiro atoms. The lowest BCUT2D eigenvalue weighted by molar-refractivity contribution is 0.252. The summed E-state index contributed by atoms with van der Waals surface area (Å²) >= 11 is 0. The van der Waals surface area contributed by atoms with Crippen LogP contribution >= 0.6 is 0 Å². The van der Waals surface area contributed by atoms with Gasteiger partial charge in [-0.2, -0.15) is 0 Å². The van der Waals surface area contributed by atoms with Crippen molar-refractivity contribution in [1.29, 1.82) is 0 Å². The number of aryl methyl sites for hydroxylation is 1. The molecular weight excluding hydrogens is 222 g/mol. The van der Waals surface area contributed by atoms with Gasteiger partial charge in [-0.25, -0.2) is 4.98 Å². The van der Waals surface area contributed by atoms with Crippen molar-refractivity contribution >= 4 is 5.95 Å². The van der Waals surface area contributed by atoms with E-state index >= 15 is 0 Å². The van der Waals surface area contributed by atoms with Gasteiger partial charge in [0.25, 0.3) is 0 Å². The Morgan fingerprint density at radius 3 is 2.72 bits per heavy atom. The zero-order valence-corrected chi connectivity index (χ0v) is 12.4. The van der Waals surface area contributed by atoms with Crippen LogP contribution in [0.4, 0.5) is 5.95 Å². The molecule has 1 fully saturated rings. The second-order valence-corrected chi connectivity index (χ2v) is 6.23. The molecule has 3 unspecified atom stereocenters. The van der Waals surface area contributed by atoms with E-state index in [0.29, 0.717) is 12.1 Å². The summed E-state index contributed by atoms with van der Waals surface area (Å²) in [5.41, 5.74) is 1.10.